The third-order valence-electron chi connectivity index (χ3n) is 4.03. The summed E-state index contributed by atoms with van der Waals surface area (Å²) in [5.41, 5.74) is 4.04. The first-order valence-electron chi connectivity index (χ1n) is 8.02. The lowest BCUT2D eigenvalue weighted by molar-refractivity contribution is 0.602. The summed E-state index contributed by atoms with van der Waals surface area (Å²) in [6.07, 6.45) is 1.21. The summed E-state index contributed by atoms with van der Waals surface area (Å²) >= 11 is 1.44. The van der Waals surface area contributed by atoms with Crippen molar-refractivity contribution in [2.45, 2.75) is 4.90 Å². The van der Waals surface area contributed by atoms with E-state index in [9.17, 15) is 8.42 Å². The first-order valence-corrected chi connectivity index (χ1v) is 10.7. The summed E-state index contributed by atoms with van der Waals surface area (Å²) in [5, 5.41) is 4.02. The summed E-state index contributed by atoms with van der Waals surface area (Å²) in [7, 11) is -3.22. The molecule has 0 atom stereocenters. The number of sulfone groups is 1. The molecule has 4 rings (SSSR count). The van der Waals surface area contributed by atoms with Crippen LogP contribution < -0.4 is 5.32 Å². The minimum atomic E-state index is -3.22. The Kier molecular flexibility index (Phi) is 4.22. The Morgan fingerprint density at radius 2 is 1.58 bits per heavy atom. The Bertz CT molecular complexity index is 1170. The van der Waals surface area contributed by atoms with Gasteiger partial charge in [0.1, 0.15) is 0 Å². The third kappa shape index (κ3) is 3.47. The van der Waals surface area contributed by atoms with E-state index in [4.69, 9.17) is 0 Å². The molecule has 0 bridgehead atoms. The molecule has 1 N–H and O–H groups in total. The van der Waals surface area contributed by atoms with E-state index >= 15 is 0 Å². The molecule has 4 aromatic rings. The highest BCUT2D eigenvalue weighted by Gasteiger charge is 2.11. The van der Waals surface area contributed by atoms with Crippen molar-refractivity contribution >= 4 is 42.2 Å². The summed E-state index contributed by atoms with van der Waals surface area (Å²) in [5.74, 6) is 0. The van der Waals surface area contributed by atoms with E-state index in [1.54, 1.807) is 18.2 Å². The first kappa shape index (κ1) is 16.8. The molecule has 0 unspecified atom stereocenters. The molecule has 0 aliphatic heterocycles. The zero-order valence-corrected chi connectivity index (χ0v) is 15.6. The molecule has 0 radical (unpaired) electrons. The fourth-order valence-electron chi connectivity index (χ4n) is 2.69. The molecule has 0 saturated carbocycles. The molecule has 1 aromatic heterocycles. The van der Waals surface area contributed by atoms with Gasteiger partial charge in [-0.2, -0.15) is 0 Å². The summed E-state index contributed by atoms with van der Waals surface area (Å²) in [6, 6.07) is 23.4. The molecule has 3 aromatic carbocycles. The van der Waals surface area contributed by atoms with Gasteiger partial charge in [-0.15, -0.1) is 0 Å². The monoisotopic (exact) mass is 380 g/mol. The normalized spacial score (nSPS) is 11.6. The van der Waals surface area contributed by atoms with Crippen LogP contribution >= 0.6 is 11.3 Å². The second kappa shape index (κ2) is 6.55. The average Bonchev–Trinajstić information content (AvgIpc) is 3.04. The number of nitrogens with zero attached hydrogens (tertiary/aromatic N) is 1. The Balaban J connectivity index is 1.59. The smallest absolute Gasteiger partial charge is 0.188 e. The predicted octanol–water partition coefficient (Wildman–Crippen LogP) is 5.11. The van der Waals surface area contributed by atoms with Crippen LogP contribution in [0.2, 0.25) is 0 Å². The van der Waals surface area contributed by atoms with Crippen LogP contribution in [0.5, 0.6) is 0 Å². The van der Waals surface area contributed by atoms with Gasteiger partial charge in [0.25, 0.3) is 0 Å². The molecular formula is C20H16N2O2S2. The van der Waals surface area contributed by atoms with Crippen LogP contribution in [0.1, 0.15) is 0 Å². The largest absolute Gasteiger partial charge is 0.332 e. The lowest BCUT2D eigenvalue weighted by atomic mass is 10.1. The van der Waals surface area contributed by atoms with Gasteiger partial charge in [0.05, 0.1) is 15.1 Å². The number of hydrogen-bond acceptors (Lipinski definition) is 5. The van der Waals surface area contributed by atoms with Crippen LogP contribution in [0.4, 0.5) is 10.8 Å². The number of hydrogen-bond donors (Lipinski definition) is 1. The Morgan fingerprint density at radius 3 is 2.27 bits per heavy atom. The van der Waals surface area contributed by atoms with Crippen molar-refractivity contribution in [3.05, 3.63) is 72.8 Å². The van der Waals surface area contributed by atoms with E-state index in [1.165, 1.54) is 23.2 Å². The van der Waals surface area contributed by atoms with Crippen molar-refractivity contribution in [1.29, 1.82) is 0 Å². The van der Waals surface area contributed by atoms with E-state index in [1.807, 2.05) is 30.3 Å². The number of nitrogens with one attached hydrogen (secondary N) is 1. The van der Waals surface area contributed by atoms with Gasteiger partial charge < -0.3 is 5.32 Å². The summed E-state index contributed by atoms with van der Waals surface area (Å²) < 4.78 is 24.2. The standard InChI is InChI=1S/C20H16N2O2S2/c1-26(23,24)17-11-12-18-19(13-17)25-20(22-18)21-16-9-7-15(8-10-16)14-5-3-2-4-6-14/h2-13H,1H3,(H,21,22). The van der Waals surface area contributed by atoms with E-state index in [0.717, 1.165) is 26.6 Å². The highest BCUT2D eigenvalue weighted by molar-refractivity contribution is 7.90. The van der Waals surface area contributed by atoms with E-state index in [-0.39, 0.29) is 0 Å². The van der Waals surface area contributed by atoms with Crippen LogP contribution in [0, 0.1) is 0 Å². The average molecular weight is 380 g/mol. The second-order valence-electron chi connectivity index (χ2n) is 5.99. The summed E-state index contributed by atoms with van der Waals surface area (Å²) in [4.78, 5) is 4.84. The maximum Gasteiger partial charge on any atom is 0.188 e. The molecular weight excluding hydrogens is 364 g/mol. The number of benzene rings is 3. The fraction of sp³-hybridized carbons (Fsp3) is 0.0500. The van der Waals surface area contributed by atoms with Crippen molar-refractivity contribution < 1.29 is 8.42 Å². The first-order chi connectivity index (χ1) is 12.5. The topological polar surface area (TPSA) is 59.1 Å². The highest BCUT2D eigenvalue weighted by atomic mass is 32.2. The number of rotatable bonds is 4. The van der Waals surface area contributed by atoms with Gasteiger partial charge in [0.2, 0.25) is 0 Å². The van der Waals surface area contributed by atoms with Crippen molar-refractivity contribution in [2.75, 3.05) is 11.6 Å². The maximum atomic E-state index is 11.7. The van der Waals surface area contributed by atoms with Gasteiger partial charge >= 0.3 is 0 Å². The molecule has 0 amide bonds. The molecule has 0 saturated heterocycles. The van der Waals surface area contributed by atoms with Crippen molar-refractivity contribution in [3.8, 4) is 11.1 Å². The highest BCUT2D eigenvalue weighted by Crippen LogP contribution is 2.30. The Morgan fingerprint density at radius 1 is 0.885 bits per heavy atom. The number of aromatic nitrogens is 1. The molecule has 1 heterocycles. The number of anilines is 2. The lowest BCUT2D eigenvalue weighted by Crippen LogP contribution is -1.95. The van der Waals surface area contributed by atoms with Crippen molar-refractivity contribution in [3.63, 3.8) is 0 Å². The molecule has 6 heteroatoms. The van der Waals surface area contributed by atoms with Crippen molar-refractivity contribution in [1.82, 2.24) is 4.98 Å². The van der Waals surface area contributed by atoms with E-state index in [2.05, 4.69) is 34.6 Å². The number of thiazole rings is 1. The van der Waals surface area contributed by atoms with Crippen LogP contribution in [0.3, 0.4) is 0 Å². The van der Waals surface area contributed by atoms with E-state index in [0.29, 0.717) is 4.90 Å². The molecule has 26 heavy (non-hydrogen) atoms. The van der Waals surface area contributed by atoms with Crippen LogP contribution in [0.25, 0.3) is 21.3 Å². The molecule has 0 spiro atoms. The lowest BCUT2D eigenvalue weighted by Gasteiger charge is -2.05. The van der Waals surface area contributed by atoms with Gasteiger partial charge in [-0.1, -0.05) is 53.8 Å². The SMILES string of the molecule is CS(=O)(=O)c1ccc2nc(Nc3ccc(-c4ccccc4)cc3)sc2c1. The Labute approximate surface area is 156 Å². The summed E-state index contributed by atoms with van der Waals surface area (Å²) in [6.45, 7) is 0. The van der Waals surface area contributed by atoms with Crippen LogP contribution in [0.15, 0.2) is 77.7 Å². The van der Waals surface area contributed by atoms with Crippen LogP contribution in [-0.4, -0.2) is 19.7 Å². The second-order valence-corrected chi connectivity index (χ2v) is 9.04. The third-order valence-corrected chi connectivity index (χ3v) is 6.08. The molecule has 0 aliphatic rings. The van der Waals surface area contributed by atoms with Gasteiger partial charge in [-0.25, -0.2) is 13.4 Å². The predicted molar refractivity (Wildman–Crippen MR) is 108 cm³/mol. The zero-order valence-electron chi connectivity index (χ0n) is 14.0. The molecule has 0 fully saturated rings. The fourth-order valence-corrected chi connectivity index (χ4v) is 4.34. The maximum absolute atomic E-state index is 11.7. The molecule has 130 valence electrons. The van der Waals surface area contributed by atoms with Gasteiger partial charge in [-0.3, -0.25) is 0 Å². The minimum Gasteiger partial charge on any atom is -0.332 e. The Hall–Kier alpha value is -2.70. The quantitative estimate of drug-likeness (QED) is 0.534. The molecule has 0 aliphatic carbocycles. The van der Waals surface area contributed by atoms with Gasteiger partial charge in [-0.05, 0) is 41.5 Å². The molecule has 4 nitrogen and oxygen atoms in total. The van der Waals surface area contributed by atoms with E-state index < -0.39 is 9.84 Å². The zero-order chi connectivity index (χ0) is 18.1. The number of fused-ring (bicyclic) bond motifs is 1. The van der Waals surface area contributed by atoms with Crippen LogP contribution in [-0.2, 0) is 9.84 Å². The van der Waals surface area contributed by atoms with Gasteiger partial charge in [0, 0.05) is 11.9 Å². The minimum absolute atomic E-state index is 0.312. The van der Waals surface area contributed by atoms with Gasteiger partial charge in [0.15, 0.2) is 15.0 Å². The van der Waals surface area contributed by atoms with Crippen molar-refractivity contribution in [2.24, 2.45) is 0 Å².